The molecule has 0 saturated heterocycles. The first kappa shape index (κ1) is 10.9. The lowest BCUT2D eigenvalue weighted by Crippen LogP contribution is -2.07. The summed E-state index contributed by atoms with van der Waals surface area (Å²) < 4.78 is 3.41. The number of nitrogens with zero attached hydrogens (tertiary/aromatic N) is 5. The zero-order chi connectivity index (χ0) is 12.5. The Morgan fingerprint density at radius 3 is 3.00 bits per heavy atom. The Hall–Kier alpha value is -2.21. The van der Waals surface area contributed by atoms with Crippen molar-refractivity contribution >= 4 is 5.52 Å². The van der Waals surface area contributed by atoms with Crippen LogP contribution in [-0.2, 0) is 13.5 Å². The first-order chi connectivity index (χ1) is 8.75. The molecule has 0 aliphatic carbocycles. The van der Waals surface area contributed by atoms with Crippen LogP contribution in [0.15, 0.2) is 36.9 Å². The van der Waals surface area contributed by atoms with Crippen LogP contribution < -0.4 is 0 Å². The fourth-order valence-corrected chi connectivity index (χ4v) is 2.00. The topological polar surface area (TPSA) is 68.2 Å². The molecule has 92 valence electrons. The molecule has 0 aliphatic rings. The molecule has 0 bridgehead atoms. The van der Waals surface area contributed by atoms with Crippen LogP contribution in [-0.4, -0.2) is 29.5 Å². The Morgan fingerprint density at radius 2 is 2.22 bits per heavy atom. The third kappa shape index (κ3) is 1.76. The molecule has 3 aromatic rings. The highest BCUT2D eigenvalue weighted by Crippen LogP contribution is 2.21. The largest absolute Gasteiger partial charge is 0.388 e. The van der Waals surface area contributed by atoms with Gasteiger partial charge in [0.15, 0.2) is 0 Å². The minimum absolute atomic E-state index is 0.423. The number of hydrogen-bond donors (Lipinski definition) is 1. The van der Waals surface area contributed by atoms with Crippen LogP contribution in [0.4, 0.5) is 0 Å². The fourth-order valence-electron chi connectivity index (χ4n) is 2.00. The van der Waals surface area contributed by atoms with Crippen LogP contribution in [0.2, 0.25) is 0 Å². The lowest BCUT2D eigenvalue weighted by atomic mass is 10.1. The van der Waals surface area contributed by atoms with Gasteiger partial charge in [-0.2, -0.15) is 10.2 Å². The number of rotatable bonds is 3. The van der Waals surface area contributed by atoms with Crippen molar-refractivity contribution in [3.05, 3.63) is 48.3 Å². The first-order valence-corrected chi connectivity index (χ1v) is 5.69. The summed E-state index contributed by atoms with van der Waals surface area (Å²) in [5.74, 6) is 0.748. The van der Waals surface area contributed by atoms with Gasteiger partial charge >= 0.3 is 0 Å². The quantitative estimate of drug-likeness (QED) is 0.736. The number of hydrogen-bond acceptors (Lipinski definition) is 4. The van der Waals surface area contributed by atoms with Crippen LogP contribution in [0.3, 0.4) is 0 Å². The van der Waals surface area contributed by atoms with E-state index >= 15 is 0 Å². The molecule has 0 aliphatic heterocycles. The Kier molecular flexibility index (Phi) is 2.56. The molecule has 0 radical (unpaired) electrons. The average Bonchev–Trinajstić information content (AvgIpc) is 2.96. The fraction of sp³-hybridized carbons (Fsp3) is 0.250. The summed E-state index contributed by atoms with van der Waals surface area (Å²) >= 11 is 0. The number of pyridine rings is 1. The third-order valence-electron chi connectivity index (χ3n) is 3.00. The zero-order valence-electron chi connectivity index (χ0n) is 9.93. The van der Waals surface area contributed by atoms with Gasteiger partial charge in [-0.05, 0) is 12.1 Å². The Balaban J connectivity index is 1.93. The van der Waals surface area contributed by atoms with Gasteiger partial charge in [-0.1, -0.05) is 6.07 Å². The number of aryl methyl sites for hydroxylation is 1. The predicted molar refractivity (Wildman–Crippen MR) is 64.9 cm³/mol. The molecule has 1 atom stereocenters. The van der Waals surface area contributed by atoms with E-state index < -0.39 is 6.10 Å². The van der Waals surface area contributed by atoms with E-state index in [2.05, 4.69) is 15.2 Å². The molecule has 0 amide bonds. The van der Waals surface area contributed by atoms with Gasteiger partial charge in [-0.25, -0.2) is 9.50 Å². The van der Waals surface area contributed by atoms with Crippen LogP contribution >= 0.6 is 0 Å². The molecule has 0 spiro atoms. The van der Waals surface area contributed by atoms with Crippen molar-refractivity contribution in [1.29, 1.82) is 0 Å². The van der Waals surface area contributed by atoms with Crippen molar-refractivity contribution in [2.45, 2.75) is 12.5 Å². The second kappa shape index (κ2) is 4.23. The minimum Gasteiger partial charge on any atom is -0.388 e. The highest BCUT2D eigenvalue weighted by atomic mass is 16.3. The van der Waals surface area contributed by atoms with Crippen molar-refractivity contribution < 1.29 is 5.11 Å². The summed E-state index contributed by atoms with van der Waals surface area (Å²) in [6, 6.07) is 5.76. The Labute approximate surface area is 104 Å². The number of aliphatic hydroxyl groups excluding tert-OH is 1. The van der Waals surface area contributed by atoms with Gasteiger partial charge in [-0.3, -0.25) is 4.68 Å². The first-order valence-electron chi connectivity index (χ1n) is 5.69. The molecule has 3 rings (SSSR count). The molecule has 3 heterocycles. The van der Waals surface area contributed by atoms with Gasteiger partial charge in [0.2, 0.25) is 0 Å². The van der Waals surface area contributed by atoms with Crippen LogP contribution in [0, 0.1) is 0 Å². The lowest BCUT2D eigenvalue weighted by Gasteiger charge is -2.08. The molecular weight excluding hydrogens is 230 g/mol. The molecule has 1 N–H and O–H groups in total. The maximum atomic E-state index is 10.3. The number of aliphatic hydroxyl groups is 1. The van der Waals surface area contributed by atoms with Gasteiger partial charge in [0.1, 0.15) is 12.2 Å². The normalized spacial score (nSPS) is 13.0. The van der Waals surface area contributed by atoms with Crippen LogP contribution in [0.1, 0.15) is 17.5 Å². The van der Waals surface area contributed by atoms with E-state index in [1.165, 1.54) is 6.33 Å². The standard InChI is InChI=1S/C12H13N5O/c1-16-12(13-8-15-16)6-11(18)9-7-14-17-5-3-2-4-10(9)17/h2-5,7-8,11,18H,6H2,1H3. The molecule has 6 nitrogen and oxygen atoms in total. The summed E-state index contributed by atoms with van der Waals surface area (Å²) in [5.41, 5.74) is 1.71. The van der Waals surface area contributed by atoms with Gasteiger partial charge in [-0.15, -0.1) is 0 Å². The summed E-state index contributed by atoms with van der Waals surface area (Å²) in [5, 5.41) is 18.5. The molecule has 18 heavy (non-hydrogen) atoms. The van der Waals surface area contributed by atoms with Crippen molar-refractivity contribution in [2.24, 2.45) is 7.05 Å². The van der Waals surface area contributed by atoms with Crippen molar-refractivity contribution in [3.8, 4) is 0 Å². The molecule has 3 aromatic heterocycles. The molecular formula is C12H13N5O. The molecule has 0 aromatic carbocycles. The maximum Gasteiger partial charge on any atom is 0.138 e. The second-order valence-electron chi connectivity index (χ2n) is 4.15. The third-order valence-corrected chi connectivity index (χ3v) is 3.00. The highest BCUT2D eigenvalue weighted by Gasteiger charge is 2.16. The van der Waals surface area contributed by atoms with Gasteiger partial charge in [0.05, 0.1) is 17.8 Å². The lowest BCUT2D eigenvalue weighted by molar-refractivity contribution is 0.176. The van der Waals surface area contributed by atoms with Gasteiger partial charge < -0.3 is 5.11 Å². The molecule has 6 heteroatoms. The van der Waals surface area contributed by atoms with E-state index in [1.54, 1.807) is 15.4 Å². The van der Waals surface area contributed by atoms with E-state index in [0.717, 1.165) is 16.9 Å². The summed E-state index contributed by atoms with van der Waals surface area (Å²) in [7, 11) is 1.81. The maximum absolute atomic E-state index is 10.3. The van der Waals surface area contributed by atoms with Gasteiger partial charge in [0.25, 0.3) is 0 Å². The van der Waals surface area contributed by atoms with E-state index in [-0.39, 0.29) is 0 Å². The minimum atomic E-state index is -0.632. The summed E-state index contributed by atoms with van der Waals surface area (Å²) in [4.78, 5) is 4.11. The smallest absolute Gasteiger partial charge is 0.138 e. The molecule has 0 saturated carbocycles. The van der Waals surface area contributed by atoms with Gasteiger partial charge in [0, 0.05) is 25.2 Å². The van der Waals surface area contributed by atoms with Crippen molar-refractivity contribution in [3.63, 3.8) is 0 Å². The Bertz CT molecular complexity index is 672. The van der Waals surface area contributed by atoms with Crippen LogP contribution in [0.5, 0.6) is 0 Å². The van der Waals surface area contributed by atoms with Crippen molar-refractivity contribution in [1.82, 2.24) is 24.4 Å². The highest BCUT2D eigenvalue weighted by molar-refractivity contribution is 5.54. The molecule has 0 fully saturated rings. The number of fused-ring (bicyclic) bond motifs is 1. The van der Waals surface area contributed by atoms with E-state index in [1.807, 2.05) is 31.4 Å². The molecule has 1 unspecified atom stereocenters. The predicted octanol–water partition coefficient (Wildman–Crippen LogP) is 0.739. The number of aromatic nitrogens is 5. The SMILES string of the molecule is Cn1ncnc1CC(O)c1cnn2ccccc12. The Morgan fingerprint density at radius 1 is 1.33 bits per heavy atom. The summed E-state index contributed by atoms with van der Waals surface area (Å²) in [6.07, 6.45) is 4.82. The monoisotopic (exact) mass is 243 g/mol. The van der Waals surface area contributed by atoms with Crippen molar-refractivity contribution in [2.75, 3.05) is 0 Å². The van der Waals surface area contributed by atoms with E-state index in [0.29, 0.717) is 6.42 Å². The van der Waals surface area contributed by atoms with E-state index in [9.17, 15) is 5.11 Å². The van der Waals surface area contributed by atoms with Crippen LogP contribution in [0.25, 0.3) is 5.52 Å². The second-order valence-corrected chi connectivity index (χ2v) is 4.15. The van der Waals surface area contributed by atoms with E-state index in [4.69, 9.17) is 0 Å². The average molecular weight is 243 g/mol. The summed E-state index contributed by atoms with van der Waals surface area (Å²) in [6.45, 7) is 0. The zero-order valence-corrected chi connectivity index (χ0v) is 9.93.